The zero-order valence-electron chi connectivity index (χ0n) is 14.8. The molecule has 6 nitrogen and oxygen atoms in total. The number of amidine groups is 1. The van der Waals surface area contributed by atoms with Gasteiger partial charge in [0, 0.05) is 10.7 Å². The summed E-state index contributed by atoms with van der Waals surface area (Å²) in [5, 5.41) is 15.5. The number of carbonyl (C=O) groups excluding carboxylic acids is 2. The summed E-state index contributed by atoms with van der Waals surface area (Å²) in [4.78, 5) is 24.9. The molecule has 1 saturated heterocycles. The van der Waals surface area contributed by atoms with Crippen LogP contribution in [0.25, 0.3) is 0 Å². The zero-order chi connectivity index (χ0) is 20.3. The number of halogens is 2. The molecule has 1 atom stereocenters. The second kappa shape index (κ2) is 8.53. The normalized spacial score (nSPS) is 17.6. The van der Waals surface area contributed by atoms with Crippen molar-refractivity contribution >= 4 is 51.7 Å². The van der Waals surface area contributed by atoms with Gasteiger partial charge in [0.05, 0.1) is 12.1 Å². The molecule has 2 aromatic carbocycles. The van der Waals surface area contributed by atoms with Crippen LogP contribution in [-0.2, 0) is 9.59 Å². The molecule has 3 rings (SSSR count). The lowest BCUT2D eigenvalue weighted by Crippen LogP contribution is -2.42. The SMILES string of the molecule is C/C(=N/N1C(=N)S[C@@H](C(=O)Nc2cccc(Cl)c2)CC1=O)c1ccc(F)cc1. The van der Waals surface area contributed by atoms with Crippen LogP contribution in [0.1, 0.15) is 18.9 Å². The molecule has 1 heterocycles. The summed E-state index contributed by atoms with van der Waals surface area (Å²) < 4.78 is 13.0. The monoisotopic (exact) mass is 418 g/mol. The van der Waals surface area contributed by atoms with E-state index in [4.69, 9.17) is 17.0 Å². The van der Waals surface area contributed by atoms with Gasteiger partial charge < -0.3 is 5.32 Å². The summed E-state index contributed by atoms with van der Waals surface area (Å²) >= 11 is 6.85. The lowest BCUT2D eigenvalue weighted by atomic mass is 10.1. The standard InChI is InChI=1S/C19H16ClFN4O2S/c1-11(12-5-7-14(21)8-6-12)24-25-17(26)10-16(28-19(25)22)18(27)23-15-4-2-3-13(20)9-15/h2-9,16,22H,10H2,1H3,(H,23,27)/b22-19?,24-11-/t16-/m1/s1. The Labute approximate surface area is 170 Å². The minimum atomic E-state index is -0.739. The van der Waals surface area contributed by atoms with Crippen molar-refractivity contribution < 1.29 is 14.0 Å². The third kappa shape index (κ3) is 4.76. The number of nitrogens with one attached hydrogen (secondary N) is 2. The van der Waals surface area contributed by atoms with Crippen molar-refractivity contribution in [1.29, 1.82) is 5.41 Å². The topological polar surface area (TPSA) is 85.6 Å². The third-order valence-electron chi connectivity index (χ3n) is 3.94. The number of amides is 2. The van der Waals surface area contributed by atoms with Crippen LogP contribution >= 0.6 is 23.4 Å². The highest BCUT2D eigenvalue weighted by atomic mass is 35.5. The molecule has 0 aromatic heterocycles. The van der Waals surface area contributed by atoms with Crippen molar-refractivity contribution in [3.63, 3.8) is 0 Å². The number of hydrogen-bond acceptors (Lipinski definition) is 5. The molecule has 144 valence electrons. The van der Waals surface area contributed by atoms with E-state index in [-0.39, 0.29) is 23.3 Å². The first-order valence-electron chi connectivity index (χ1n) is 8.29. The number of anilines is 1. The first kappa shape index (κ1) is 20.0. The van der Waals surface area contributed by atoms with E-state index in [1.807, 2.05) is 0 Å². The molecule has 2 N–H and O–H groups in total. The quantitative estimate of drug-likeness (QED) is 0.732. The molecule has 0 spiro atoms. The molecule has 9 heteroatoms. The van der Waals surface area contributed by atoms with Crippen LogP contribution < -0.4 is 5.32 Å². The van der Waals surface area contributed by atoms with Gasteiger partial charge >= 0.3 is 0 Å². The lowest BCUT2D eigenvalue weighted by Gasteiger charge is -2.27. The number of hydrazone groups is 1. The van der Waals surface area contributed by atoms with Crippen LogP contribution in [0.15, 0.2) is 53.6 Å². The van der Waals surface area contributed by atoms with Gasteiger partial charge in [0.2, 0.25) is 5.91 Å². The number of nitrogens with zero attached hydrogens (tertiary/aromatic N) is 2. The van der Waals surface area contributed by atoms with E-state index in [0.29, 0.717) is 22.0 Å². The largest absolute Gasteiger partial charge is 0.325 e. The molecule has 1 aliphatic rings. The van der Waals surface area contributed by atoms with Crippen molar-refractivity contribution in [2.75, 3.05) is 5.32 Å². The maximum Gasteiger partial charge on any atom is 0.250 e. The van der Waals surface area contributed by atoms with Gasteiger partial charge in [-0.25, -0.2) is 4.39 Å². The fourth-order valence-corrected chi connectivity index (χ4v) is 3.61. The van der Waals surface area contributed by atoms with E-state index >= 15 is 0 Å². The third-order valence-corrected chi connectivity index (χ3v) is 5.24. The minimum absolute atomic E-state index is 0.0976. The maximum absolute atomic E-state index is 13.0. The number of benzene rings is 2. The Hall–Kier alpha value is -2.71. The molecule has 1 aliphatic heterocycles. The average Bonchev–Trinajstić information content (AvgIpc) is 2.65. The molecule has 0 aliphatic carbocycles. The van der Waals surface area contributed by atoms with Gasteiger partial charge in [-0.3, -0.25) is 15.0 Å². The Balaban J connectivity index is 1.69. The highest BCUT2D eigenvalue weighted by molar-refractivity contribution is 8.14. The van der Waals surface area contributed by atoms with Gasteiger partial charge in [-0.1, -0.05) is 41.6 Å². The van der Waals surface area contributed by atoms with Gasteiger partial charge in [0.15, 0.2) is 5.17 Å². The average molecular weight is 419 g/mol. The Morgan fingerprint density at radius 3 is 2.68 bits per heavy atom. The van der Waals surface area contributed by atoms with E-state index in [9.17, 15) is 14.0 Å². The molecule has 0 saturated carbocycles. The zero-order valence-corrected chi connectivity index (χ0v) is 16.4. The van der Waals surface area contributed by atoms with Crippen molar-refractivity contribution in [2.24, 2.45) is 5.10 Å². The molecule has 28 heavy (non-hydrogen) atoms. The van der Waals surface area contributed by atoms with E-state index in [1.54, 1.807) is 43.3 Å². The number of carbonyl (C=O) groups is 2. The number of thioether (sulfide) groups is 1. The molecule has 0 unspecified atom stereocenters. The second-order valence-electron chi connectivity index (χ2n) is 6.01. The predicted molar refractivity (Wildman–Crippen MR) is 109 cm³/mol. The number of rotatable bonds is 4. The van der Waals surface area contributed by atoms with Gasteiger partial charge in [0.1, 0.15) is 11.1 Å². The molecular weight excluding hydrogens is 403 g/mol. The van der Waals surface area contributed by atoms with E-state index in [1.165, 1.54) is 12.1 Å². The van der Waals surface area contributed by atoms with Gasteiger partial charge in [0.25, 0.3) is 5.91 Å². The smallest absolute Gasteiger partial charge is 0.250 e. The van der Waals surface area contributed by atoms with Crippen LogP contribution in [0.3, 0.4) is 0 Å². The second-order valence-corrected chi connectivity index (χ2v) is 7.64. The summed E-state index contributed by atoms with van der Waals surface area (Å²) in [5.41, 5.74) is 1.61. The van der Waals surface area contributed by atoms with Crippen LogP contribution in [0.5, 0.6) is 0 Å². The number of hydrogen-bond donors (Lipinski definition) is 2. The minimum Gasteiger partial charge on any atom is -0.325 e. The van der Waals surface area contributed by atoms with Crippen LogP contribution in [0.4, 0.5) is 10.1 Å². The molecule has 0 bridgehead atoms. The van der Waals surface area contributed by atoms with Crippen LogP contribution in [-0.4, -0.2) is 33.0 Å². The summed E-state index contributed by atoms with van der Waals surface area (Å²) in [5.74, 6) is -1.22. The Morgan fingerprint density at radius 1 is 1.32 bits per heavy atom. The van der Waals surface area contributed by atoms with E-state index in [2.05, 4.69) is 10.4 Å². The van der Waals surface area contributed by atoms with Crippen molar-refractivity contribution in [3.05, 3.63) is 64.9 Å². The first-order valence-corrected chi connectivity index (χ1v) is 9.55. The van der Waals surface area contributed by atoms with Crippen molar-refractivity contribution in [1.82, 2.24) is 5.01 Å². The molecular formula is C19H16ClFN4O2S. The van der Waals surface area contributed by atoms with Crippen LogP contribution in [0, 0.1) is 11.2 Å². The maximum atomic E-state index is 13.0. The molecule has 2 aromatic rings. The summed E-state index contributed by atoms with van der Waals surface area (Å²) in [6.45, 7) is 1.66. The summed E-state index contributed by atoms with van der Waals surface area (Å²) in [6.07, 6.45) is -0.0976. The Bertz CT molecular complexity index is 947. The van der Waals surface area contributed by atoms with Crippen molar-refractivity contribution in [2.45, 2.75) is 18.6 Å². The van der Waals surface area contributed by atoms with Gasteiger partial charge in [-0.15, -0.1) is 0 Å². The molecule has 0 radical (unpaired) electrons. The van der Waals surface area contributed by atoms with E-state index < -0.39 is 11.2 Å². The predicted octanol–water partition coefficient (Wildman–Crippen LogP) is 4.11. The lowest BCUT2D eigenvalue weighted by molar-refractivity contribution is -0.129. The fourth-order valence-electron chi connectivity index (χ4n) is 2.52. The molecule has 2 amide bonds. The first-order chi connectivity index (χ1) is 13.3. The Kier molecular flexibility index (Phi) is 6.11. The molecule has 1 fully saturated rings. The fraction of sp³-hybridized carbons (Fsp3) is 0.158. The van der Waals surface area contributed by atoms with Gasteiger partial charge in [-0.05, 0) is 42.8 Å². The highest BCUT2D eigenvalue weighted by Crippen LogP contribution is 2.27. The van der Waals surface area contributed by atoms with E-state index in [0.717, 1.165) is 16.8 Å². The van der Waals surface area contributed by atoms with Crippen LogP contribution in [0.2, 0.25) is 5.02 Å². The van der Waals surface area contributed by atoms with Crippen molar-refractivity contribution in [3.8, 4) is 0 Å². The summed E-state index contributed by atoms with van der Waals surface area (Å²) in [6, 6.07) is 12.3. The Morgan fingerprint density at radius 2 is 2.04 bits per heavy atom. The van der Waals surface area contributed by atoms with Gasteiger partial charge in [-0.2, -0.15) is 10.1 Å². The summed E-state index contributed by atoms with van der Waals surface area (Å²) in [7, 11) is 0. The highest BCUT2D eigenvalue weighted by Gasteiger charge is 2.35.